The van der Waals surface area contributed by atoms with Gasteiger partial charge in [-0.25, -0.2) is 4.79 Å². The van der Waals surface area contributed by atoms with Crippen molar-refractivity contribution in [3.8, 4) is 0 Å². The lowest BCUT2D eigenvalue weighted by molar-refractivity contribution is -0.211. The van der Waals surface area contributed by atoms with Gasteiger partial charge in [-0.1, -0.05) is 30.3 Å². The first kappa shape index (κ1) is 26.0. The van der Waals surface area contributed by atoms with Gasteiger partial charge in [-0.15, -0.1) is 0 Å². The summed E-state index contributed by atoms with van der Waals surface area (Å²) in [4.78, 5) is 24.1. The number of amides is 3. The lowest BCUT2D eigenvalue weighted by Crippen LogP contribution is -2.47. The summed E-state index contributed by atoms with van der Waals surface area (Å²) in [6.45, 7) is 1.43. The number of carbonyl (C=O) groups excluding carboxylic acids is 2. The summed E-state index contributed by atoms with van der Waals surface area (Å²) < 4.78 is 91.7. The van der Waals surface area contributed by atoms with Gasteiger partial charge < -0.3 is 14.8 Å². The van der Waals surface area contributed by atoms with Crippen LogP contribution in [-0.4, -0.2) is 30.9 Å². The summed E-state index contributed by atoms with van der Waals surface area (Å²) >= 11 is 0. The van der Waals surface area contributed by atoms with Gasteiger partial charge in [0.25, 0.3) is 5.91 Å². The third-order valence-corrected chi connectivity index (χ3v) is 6.32. The summed E-state index contributed by atoms with van der Waals surface area (Å²) in [6.07, 6.45) is -12.0. The highest BCUT2D eigenvalue weighted by molar-refractivity contribution is 6.04. The molecule has 12 heteroatoms. The van der Waals surface area contributed by atoms with Crippen molar-refractivity contribution in [3.63, 3.8) is 0 Å². The second-order valence-electron chi connectivity index (χ2n) is 8.69. The topological polar surface area (TPSA) is 76.7 Å². The van der Waals surface area contributed by atoms with Crippen LogP contribution in [0.3, 0.4) is 0 Å². The van der Waals surface area contributed by atoms with Crippen LogP contribution in [0.4, 0.5) is 31.1 Å². The van der Waals surface area contributed by atoms with E-state index < -0.39 is 65.7 Å². The standard InChI is InChI=1S/C24H22F6N2O4/c1-12(14-9-15(23(25,26)27)11-16(10-14)24(28,29)30)36-21-18(13-5-3-2-4-6-13)17(7-8-35-21)19-20(33)32-22(34)31-19/h2-6,9-12,17-19,21H,7-8H2,1H3,(H2,31,32,33,34). The van der Waals surface area contributed by atoms with Crippen LogP contribution in [0.15, 0.2) is 48.5 Å². The summed E-state index contributed by atoms with van der Waals surface area (Å²) in [7, 11) is 0. The van der Waals surface area contributed by atoms with Crippen LogP contribution in [0.1, 0.15) is 47.6 Å². The molecule has 0 radical (unpaired) electrons. The summed E-state index contributed by atoms with van der Waals surface area (Å²) in [5.41, 5.74) is -2.56. The number of hydrogen-bond acceptors (Lipinski definition) is 4. The van der Waals surface area contributed by atoms with E-state index in [4.69, 9.17) is 9.47 Å². The van der Waals surface area contributed by atoms with Crippen molar-refractivity contribution in [2.24, 2.45) is 5.92 Å². The zero-order valence-electron chi connectivity index (χ0n) is 18.8. The minimum atomic E-state index is -5.00. The highest BCUT2D eigenvalue weighted by atomic mass is 19.4. The number of imide groups is 1. The summed E-state index contributed by atoms with van der Waals surface area (Å²) in [6, 6.07) is 8.43. The predicted molar refractivity (Wildman–Crippen MR) is 113 cm³/mol. The van der Waals surface area contributed by atoms with Crippen LogP contribution < -0.4 is 10.6 Å². The van der Waals surface area contributed by atoms with Gasteiger partial charge in [0, 0.05) is 11.8 Å². The molecule has 194 valence electrons. The Balaban J connectivity index is 1.67. The number of benzene rings is 2. The molecule has 2 aliphatic rings. The van der Waals surface area contributed by atoms with Crippen LogP contribution in [0.2, 0.25) is 0 Å². The van der Waals surface area contributed by atoms with E-state index >= 15 is 0 Å². The molecule has 6 nitrogen and oxygen atoms in total. The van der Waals surface area contributed by atoms with Crippen molar-refractivity contribution in [2.75, 3.05) is 6.61 Å². The molecule has 0 saturated carbocycles. The molecule has 36 heavy (non-hydrogen) atoms. The zero-order chi connectivity index (χ0) is 26.3. The Labute approximate surface area is 201 Å². The van der Waals surface area contributed by atoms with Crippen molar-refractivity contribution < 1.29 is 45.4 Å². The highest BCUT2D eigenvalue weighted by Crippen LogP contribution is 2.42. The Hall–Kier alpha value is -3.12. The monoisotopic (exact) mass is 516 g/mol. The first-order valence-electron chi connectivity index (χ1n) is 11.1. The minimum Gasteiger partial charge on any atom is -0.352 e. The molecule has 4 rings (SSSR count). The summed E-state index contributed by atoms with van der Waals surface area (Å²) in [5, 5.41) is 4.74. The van der Waals surface area contributed by atoms with E-state index in [-0.39, 0.29) is 18.2 Å². The van der Waals surface area contributed by atoms with Crippen molar-refractivity contribution in [1.82, 2.24) is 10.6 Å². The smallest absolute Gasteiger partial charge is 0.352 e. The lowest BCUT2D eigenvalue weighted by atomic mass is 9.77. The number of urea groups is 1. The molecule has 2 aromatic rings. The molecule has 2 fully saturated rings. The highest BCUT2D eigenvalue weighted by Gasteiger charge is 2.46. The molecule has 3 amide bonds. The Morgan fingerprint density at radius 2 is 1.58 bits per heavy atom. The minimum absolute atomic E-state index is 0.0531. The van der Waals surface area contributed by atoms with E-state index in [0.717, 1.165) is 0 Å². The van der Waals surface area contributed by atoms with E-state index in [1.807, 2.05) is 0 Å². The molecule has 0 aromatic heterocycles. The molecule has 0 spiro atoms. The maximum absolute atomic E-state index is 13.3. The largest absolute Gasteiger partial charge is 0.416 e. The van der Waals surface area contributed by atoms with Gasteiger partial charge in [0.15, 0.2) is 6.29 Å². The Bertz CT molecular complexity index is 1090. The van der Waals surface area contributed by atoms with Gasteiger partial charge >= 0.3 is 18.4 Å². The van der Waals surface area contributed by atoms with Crippen LogP contribution in [0.5, 0.6) is 0 Å². The number of carbonyl (C=O) groups is 2. The average Bonchev–Trinajstić information content (AvgIpc) is 3.15. The number of ether oxygens (including phenoxy) is 2. The quantitative estimate of drug-likeness (QED) is 0.426. The number of hydrogen-bond donors (Lipinski definition) is 2. The average molecular weight is 516 g/mol. The molecular formula is C24H22F6N2O4. The maximum atomic E-state index is 13.3. The van der Waals surface area contributed by atoms with E-state index in [0.29, 0.717) is 24.1 Å². The van der Waals surface area contributed by atoms with E-state index in [2.05, 4.69) is 10.6 Å². The Kier molecular flexibility index (Phi) is 7.02. The fourth-order valence-electron chi connectivity index (χ4n) is 4.61. The molecule has 2 aromatic carbocycles. The second-order valence-corrected chi connectivity index (χ2v) is 8.69. The zero-order valence-corrected chi connectivity index (χ0v) is 18.8. The van der Waals surface area contributed by atoms with E-state index in [9.17, 15) is 35.9 Å². The normalized spacial score (nSPS) is 25.9. The van der Waals surface area contributed by atoms with Crippen LogP contribution >= 0.6 is 0 Å². The van der Waals surface area contributed by atoms with Crippen LogP contribution in [-0.2, 0) is 26.6 Å². The third kappa shape index (κ3) is 5.49. The first-order valence-corrected chi connectivity index (χ1v) is 11.1. The third-order valence-electron chi connectivity index (χ3n) is 6.32. The molecule has 0 aliphatic carbocycles. The fourth-order valence-corrected chi connectivity index (χ4v) is 4.61. The second kappa shape index (κ2) is 9.74. The van der Waals surface area contributed by atoms with E-state index in [1.54, 1.807) is 30.3 Å². The Morgan fingerprint density at radius 3 is 2.11 bits per heavy atom. The number of nitrogens with one attached hydrogen (secondary N) is 2. The number of alkyl halides is 6. The summed E-state index contributed by atoms with van der Waals surface area (Å²) in [5.74, 6) is -1.69. The first-order chi connectivity index (χ1) is 16.8. The number of rotatable bonds is 5. The van der Waals surface area contributed by atoms with Gasteiger partial charge in [0.2, 0.25) is 0 Å². The van der Waals surface area contributed by atoms with Gasteiger partial charge in [-0.05, 0) is 42.7 Å². The molecular weight excluding hydrogens is 494 g/mol. The van der Waals surface area contributed by atoms with Gasteiger partial charge in [0.05, 0.1) is 23.8 Å². The van der Waals surface area contributed by atoms with Crippen molar-refractivity contribution in [2.45, 2.75) is 50.1 Å². The van der Waals surface area contributed by atoms with Gasteiger partial charge in [0.1, 0.15) is 6.04 Å². The predicted octanol–water partition coefficient (Wildman–Crippen LogP) is 5.16. The molecule has 2 aliphatic heterocycles. The van der Waals surface area contributed by atoms with Crippen molar-refractivity contribution in [3.05, 3.63) is 70.8 Å². The number of halogens is 6. The molecule has 2 N–H and O–H groups in total. The molecule has 2 heterocycles. The van der Waals surface area contributed by atoms with Gasteiger partial charge in [-0.3, -0.25) is 10.1 Å². The van der Waals surface area contributed by atoms with Gasteiger partial charge in [-0.2, -0.15) is 26.3 Å². The fraction of sp³-hybridized carbons (Fsp3) is 0.417. The Morgan fingerprint density at radius 1 is 0.972 bits per heavy atom. The van der Waals surface area contributed by atoms with Crippen LogP contribution in [0.25, 0.3) is 0 Å². The lowest BCUT2D eigenvalue weighted by Gasteiger charge is -2.41. The SMILES string of the molecule is CC(OC1OCCC(C2NC(=O)NC2=O)C1c1ccccc1)c1cc(C(F)(F)F)cc(C(F)(F)F)c1. The van der Waals surface area contributed by atoms with Crippen LogP contribution in [0, 0.1) is 5.92 Å². The maximum Gasteiger partial charge on any atom is 0.416 e. The van der Waals surface area contributed by atoms with Crippen molar-refractivity contribution >= 4 is 11.9 Å². The molecule has 0 bridgehead atoms. The van der Waals surface area contributed by atoms with E-state index in [1.165, 1.54) is 6.92 Å². The molecule has 5 unspecified atom stereocenters. The molecule has 5 atom stereocenters. The van der Waals surface area contributed by atoms with Crippen molar-refractivity contribution in [1.29, 1.82) is 0 Å². The molecule has 2 saturated heterocycles.